The third-order valence-electron chi connectivity index (χ3n) is 4.62. The number of aromatic nitrogens is 4. The third kappa shape index (κ3) is 4.65. The Balaban J connectivity index is 2.49. The third-order valence-corrected chi connectivity index (χ3v) is 4.62. The number of benzene rings is 1. The molecule has 2 aromatic heterocycles. The maximum absolute atomic E-state index is 13.1. The van der Waals surface area contributed by atoms with Crippen LogP contribution < -0.4 is 16.9 Å². The SMILES string of the molecule is C=C(C)/C=C(\C=C(\C)[NH2+]O)c1c(-c2ccccc2)nc(N)n2c(=O)n(CC(C)C)nc12. The summed E-state index contributed by atoms with van der Waals surface area (Å²) in [5.41, 5.74) is 11.6. The second kappa shape index (κ2) is 9.11. The first-order valence-electron chi connectivity index (χ1n) is 10.1. The van der Waals surface area contributed by atoms with Crippen LogP contribution in [-0.4, -0.2) is 24.4 Å². The summed E-state index contributed by atoms with van der Waals surface area (Å²) in [5, 5.41) is 14.1. The van der Waals surface area contributed by atoms with Gasteiger partial charge >= 0.3 is 5.69 Å². The predicted octanol–water partition coefficient (Wildman–Crippen LogP) is 2.61. The van der Waals surface area contributed by atoms with Crippen LogP contribution in [0.25, 0.3) is 22.5 Å². The van der Waals surface area contributed by atoms with Crippen LogP contribution in [0, 0.1) is 5.92 Å². The number of hydrogen-bond donors (Lipinski definition) is 3. The zero-order chi connectivity index (χ0) is 22.7. The average Bonchev–Trinajstić information content (AvgIpc) is 3.03. The number of allylic oxidation sites excluding steroid dienone is 5. The van der Waals surface area contributed by atoms with Gasteiger partial charge in [0, 0.05) is 25.1 Å². The Morgan fingerprint density at radius 3 is 2.52 bits per heavy atom. The van der Waals surface area contributed by atoms with E-state index < -0.39 is 0 Å². The fourth-order valence-electron chi connectivity index (χ4n) is 3.37. The zero-order valence-corrected chi connectivity index (χ0v) is 18.3. The first-order chi connectivity index (χ1) is 14.7. The van der Waals surface area contributed by atoms with Crippen molar-refractivity contribution in [3.63, 3.8) is 0 Å². The summed E-state index contributed by atoms with van der Waals surface area (Å²) in [6, 6.07) is 9.60. The van der Waals surface area contributed by atoms with Gasteiger partial charge in [-0.1, -0.05) is 62.4 Å². The molecule has 31 heavy (non-hydrogen) atoms. The first-order valence-corrected chi connectivity index (χ1v) is 10.1. The first kappa shape index (κ1) is 22.2. The molecule has 3 aromatic rings. The predicted molar refractivity (Wildman–Crippen MR) is 122 cm³/mol. The summed E-state index contributed by atoms with van der Waals surface area (Å²) in [6.07, 6.45) is 3.68. The summed E-state index contributed by atoms with van der Waals surface area (Å²) in [5.74, 6) is 0.298. The molecule has 2 heterocycles. The smallest absolute Gasteiger partial charge is 0.353 e. The molecule has 0 unspecified atom stereocenters. The van der Waals surface area contributed by atoms with E-state index in [0.717, 1.165) is 16.6 Å². The second-order valence-corrected chi connectivity index (χ2v) is 8.04. The van der Waals surface area contributed by atoms with Crippen LogP contribution in [0.1, 0.15) is 33.3 Å². The molecule has 8 heteroatoms. The number of nitrogens with zero attached hydrogens (tertiary/aromatic N) is 4. The van der Waals surface area contributed by atoms with Gasteiger partial charge in [-0.2, -0.15) is 5.48 Å². The summed E-state index contributed by atoms with van der Waals surface area (Å²) in [6.45, 7) is 12.1. The number of anilines is 1. The van der Waals surface area contributed by atoms with Crippen molar-refractivity contribution >= 4 is 17.2 Å². The van der Waals surface area contributed by atoms with Gasteiger partial charge in [-0.3, -0.25) is 0 Å². The zero-order valence-electron chi connectivity index (χ0n) is 18.3. The van der Waals surface area contributed by atoms with Crippen molar-refractivity contribution in [2.24, 2.45) is 5.92 Å². The lowest BCUT2D eigenvalue weighted by Gasteiger charge is -2.13. The molecule has 0 radical (unpaired) electrons. The van der Waals surface area contributed by atoms with E-state index in [1.807, 2.05) is 57.2 Å². The highest BCUT2D eigenvalue weighted by atomic mass is 16.5. The second-order valence-electron chi connectivity index (χ2n) is 8.04. The van der Waals surface area contributed by atoms with Gasteiger partial charge in [-0.05, 0) is 18.4 Å². The molecule has 0 amide bonds. The van der Waals surface area contributed by atoms with E-state index in [1.54, 1.807) is 13.0 Å². The van der Waals surface area contributed by atoms with Crippen molar-refractivity contribution in [3.8, 4) is 11.3 Å². The molecule has 0 spiro atoms. The monoisotopic (exact) mass is 421 g/mol. The van der Waals surface area contributed by atoms with Crippen LogP contribution >= 0.6 is 0 Å². The van der Waals surface area contributed by atoms with E-state index in [4.69, 9.17) is 5.73 Å². The quantitative estimate of drug-likeness (QED) is 0.401. The molecule has 0 atom stereocenters. The fraction of sp³-hybridized carbons (Fsp3) is 0.261. The number of hydrogen-bond acceptors (Lipinski definition) is 5. The van der Waals surface area contributed by atoms with Crippen LogP contribution in [0.3, 0.4) is 0 Å². The average molecular weight is 422 g/mol. The minimum atomic E-state index is -0.335. The van der Waals surface area contributed by atoms with Crippen LogP contribution in [-0.2, 0) is 6.54 Å². The molecule has 0 saturated heterocycles. The van der Waals surface area contributed by atoms with Gasteiger partial charge in [0.2, 0.25) is 5.95 Å². The fourth-order valence-corrected chi connectivity index (χ4v) is 3.37. The minimum absolute atomic E-state index is 0.0710. The van der Waals surface area contributed by atoms with Gasteiger partial charge in [0.15, 0.2) is 5.65 Å². The van der Waals surface area contributed by atoms with Crippen LogP contribution in [0.5, 0.6) is 0 Å². The van der Waals surface area contributed by atoms with Crippen molar-refractivity contribution in [1.29, 1.82) is 0 Å². The molecule has 0 bridgehead atoms. The lowest BCUT2D eigenvalue weighted by molar-refractivity contribution is -0.850. The van der Waals surface area contributed by atoms with Crippen molar-refractivity contribution in [3.05, 3.63) is 76.4 Å². The van der Waals surface area contributed by atoms with Crippen molar-refractivity contribution in [2.75, 3.05) is 5.73 Å². The summed E-state index contributed by atoms with van der Waals surface area (Å²) < 4.78 is 2.76. The Labute approximate surface area is 181 Å². The summed E-state index contributed by atoms with van der Waals surface area (Å²) in [7, 11) is 0. The lowest BCUT2D eigenvalue weighted by atomic mass is 9.97. The molecule has 0 aliphatic rings. The maximum Gasteiger partial charge on any atom is 0.353 e. The highest BCUT2D eigenvalue weighted by Crippen LogP contribution is 2.32. The van der Waals surface area contributed by atoms with E-state index in [-0.39, 0.29) is 17.6 Å². The molecule has 162 valence electrons. The van der Waals surface area contributed by atoms with Crippen LogP contribution in [0.2, 0.25) is 0 Å². The number of rotatable bonds is 7. The van der Waals surface area contributed by atoms with Gasteiger partial charge in [-0.15, -0.1) is 5.10 Å². The summed E-state index contributed by atoms with van der Waals surface area (Å²) in [4.78, 5) is 17.7. The molecule has 0 fully saturated rings. The number of quaternary nitrogens is 1. The van der Waals surface area contributed by atoms with E-state index >= 15 is 0 Å². The maximum atomic E-state index is 13.1. The Morgan fingerprint density at radius 2 is 1.94 bits per heavy atom. The van der Waals surface area contributed by atoms with E-state index in [9.17, 15) is 10.0 Å². The molecule has 5 N–H and O–H groups in total. The van der Waals surface area contributed by atoms with Gasteiger partial charge in [0.05, 0.1) is 11.3 Å². The molecule has 0 aliphatic carbocycles. The molecule has 0 aliphatic heterocycles. The van der Waals surface area contributed by atoms with Crippen LogP contribution in [0.15, 0.2) is 65.1 Å². The summed E-state index contributed by atoms with van der Waals surface area (Å²) >= 11 is 0. The Morgan fingerprint density at radius 1 is 1.26 bits per heavy atom. The van der Waals surface area contributed by atoms with Gasteiger partial charge < -0.3 is 5.73 Å². The number of nitrogen functional groups attached to an aromatic ring is 1. The molecular weight excluding hydrogens is 392 g/mol. The molecule has 8 nitrogen and oxygen atoms in total. The van der Waals surface area contributed by atoms with Crippen molar-refractivity contribution < 1.29 is 10.7 Å². The number of nitrogens with two attached hydrogens (primary N) is 2. The standard InChI is InChI=1S/C23H28N6O2/c1-14(2)11-18(12-16(5)27-31)19-20(17-9-7-6-8-10-17)25-22(24)29-21(19)26-28(23(29)30)13-15(3)4/h6-12,15,27,31H,1,13H2,2-5H3,(H2,24,25)/p+1/b16-12-,18-11+. The van der Waals surface area contributed by atoms with E-state index in [1.165, 1.54) is 9.08 Å². The van der Waals surface area contributed by atoms with Gasteiger partial charge in [0.1, 0.15) is 5.70 Å². The topological polar surface area (TPSA) is 115 Å². The van der Waals surface area contributed by atoms with E-state index in [2.05, 4.69) is 16.7 Å². The van der Waals surface area contributed by atoms with Crippen molar-refractivity contribution in [1.82, 2.24) is 19.2 Å². The Kier molecular flexibility index (Phi) is 6.53. The van der Waals surface area contributed by atoms with Gasteiger partial charge in [-0.25, -0.2) is 24.1 Å². The Bertz CT molecular complexity index is 1230. The highest BCUT2D eigenvalue weighted by Gasteiger charge is 2.22. The highest BCUT2D eigenvalue weighted by molar-refractivity contribution is 5.92. The largest absolute Gasteiger partial charge is 0.369 e. The minimum Gasteiger partial charge on any atom is -0.369 e. The Hall–Kier alpha value is -3.49. The molecule has 0 saturated carbocycles. The molecule has 1 aromatic carbocycles. The van der Waals surface area contributed by atoms with Crippen LogP contribution in [0.4, 0.5) is 5.95 Å². The van der Waals surface area contributed by atoms with E-state index in [0.29, 0.717) is 34.7 Å². The molecular formula is C23H29N6O2+. The number of hydroxylamine groups is 1. The lowest BCUT2D eigenvalue weighted by Crippen LogP contribution is -2.77. The van der Waals surface area contributed by atoms with Crippen molar-refractivity contribution in [2.45, 2.75) is 34.2 Å². The molecule has 3 rings (SSSR count). The normalized spacial score (nSPS) is 12.7. The van der Waals surface area contributed by atoms with Gasteiger partial charge in [0.25, 0.3) is 0 Å². The number of fused-ring (bicyclic) bond motifs is 1.